The molecule has 0 bridgehead atoms. The highest BCUT2D eigenvalue weighted by atomic mass is 35.5. The summed E-state index contributed by atoms with van der Waals surface area (Å²) in [7, 11) is 3.12. The average Bonchev–Trinajstić information content (AvgIpc) is 2.49. The predicted molar refractivity (Wildman–Crippen MR) is 81.7 cm³/mol. The largest absolute Gasteiger partial charge is 0.493 e. The molecule has 0 spiro atoms. The first-order chi connectivity index (χ1) is 9.97. The van der Waals surface area contributed by atoms with E-state index >= 15 is 0 Å². The van der Waals surface area contributed by atoms with Crippen LogP contribution in [0.2, 0.25) is 5.02 Å². The average molecular weight is 310 g/mol. The Morgan fingerprint density at radius 1 is 1.10 bits per heavy atom. The minimum atomic E-state index is -0.475. The number of hydrogen-bond acceptors (Lipinski definition) is 3. The summed E-state index contributed by atoms with van der Waals surface area (Å²) < 4.78 is 23.9. The third-order valence-electron chi connectivity index (χ3n) is 3.38. The van der Waals surface area contributed by atoms with Gasteiger partial charge in [-0.05, 0) is 47.9 Å². The third-order valence-corrected chi connectivity index (χ3v) is 3.71. The molecule has 21 heavy (non-hydrogen) atoms. The first-order valence-electron chi connectivity index (χ1n) is 6.41. The van der Waals surface area contributed by atoms with Gasteiger partial charge in [-0.3, -0.25) is 0 Å². The van der Waals surface area contributed by atoms with Gasteiger partial charge in [0.05, 0.1) is 20.3 Å². The van der Waals surface area contributed by atoms with Crippen LogP contribution in [0.15, 0.2) is 30.3 Å². The molecule has 0 aliphatic carbocycles. The maximum atomic E-state index is 13.5. The van der Waals surface area contributed by atoms with Crippen LogP contribution in [0.3, 0.4) is 0 Å². The summed E-state index contributed by atoms with van der Waals surface area (Å²) >= 11 is 6.10. The van der Waals surface area contributed by atoms with Crippen molar-refractivity contribution in [3.63, 3.8) is 0 Å². The fourth-order valence-electron chi connectivity index (χ4n) is 2.14. The lowest BCUT2D eigenvalue weighted by Gasteiger charge is -2.17. The van der Waals surface area contributed by atoms with Crippen LogP contribution in [0.4, 0.5) is 4.39 Å². The molecule has 2 aromatic carbocycles. The number of methoxy groups -OCH3 is 2. The van der Waals surface area contributed by atoms with Crippen LogP contribution < -0.4 is 15.2 Å². The van der Waals surface area contributed by atoms with Crippen molar-refractivity contribution < 1.29 is 13.9 Å². The maximum Gasteiger partial charge on any atom is 0.161 e. The van der Waals surface area contributed by atoms with E-state index in [9.17, 15) is 4.39 Å². The summed E-state index contributed by atoms with van der Waals surface area (Å²) in [4.78, 5) is 0. The Labute approximate surface area is 128 Å². The van der Waals surface area contributed by atoms with Gasteiger partial charge in [0.25, 0.3) is 0 Å². The van der Waals surface area contributed by atoms with Crippen molar-refractivity contribution in [2.75, 3.05) is 14.2 Å². The predicted octanol–water partition coefficient (Wildman–Crippen LogP) is 3.85. The molecular weight excluding hydrogens is 293 g/mol. The van der Waals surface area contributed by atoms with Crippen molar-refractivity contribution in [1.82, 2.24) is 0 Å². The molecule has 112 valence electrons. The summed E-state index contributed by atoms with van der Waals surface area (Å²) in [5, 5.41) is 0.306. The summed E-state index contributed by atoms with van der Waals surface area (Å²) in [5.41, 5.74) is 8.23. The van der Waals surface area contributed by atoms with E-state index in [-0.39, 0.29) is 5.82 Å². The van der Waals surface area contributed by atoms with Gasteiger partial charge >= 0.3 is 0 Å². The lowest BCUT2D eigenvalue weighted by molar-refractivity contribution is 0.354. The summed E-state index contributed by atoms with van der Waals surface area (Å²) in [6.45, 7) is 1.68. The molecule has 0 aromatic heterocycles. The van der Waals surface area contributed by atoms with Gasteiger partial charge in [0.1, 0.15) is 5.82 Å². The fraction of sp³-hybridized carbons (Fsp3) is 0.250. The van der Waals surface area contributed by atoms with Gasteiger partial charge < -0.3 is 15.2 Å². The van der Waals surface area contributed by atoms with Crippen LogP contribution >= 0.6 is 11.6 Å². The Morgan fingerprint density at radius 3 is 2.38 bits per heavy atom. The highest BCUT2D eigenvalue weighted by Crippen LogP contribution is 2.34. The zero-order valence-corrected chi connectivity index (χ0v) is 12.9. The van der Waals surface area contributed by atoms with E-state index in [1.165, 1.54) is 6.07 Å². The molecule has 3 nitrogen and oxygen atoms in total. The first kappa shape index (κ1) is 15.6. The molecule has 2 N–H and O–H groups in total. The molecule has 2 aromatic rings. The van der Waals surface area contributed by atoms with E-state index in [1.54, 1.807) is 39.3 Å². The molecule has 1 atom stereocenters. The van der Waals surface area contributed by atoms with Crippen LogP contribution in [0.5, 0.6) is 11.5 Å². The molecule has 0 heterocycles. The second-order valence-electron chi connectivity index (χ2n) is 4.71. The van der Waals surface area contributed by atoms with E-state index in [0.29, 0.717) is 27.6 Å². The highest BCUT2D eigenvalue weighted by molar-refractivity contribution is 6.31. The highest BCUT2D eigenvalue weighted by Gasteiger charge is 2.16. The zero-order chi connectivity index (χ0) is 15.6. The van der Waals surface area contributed by atoms with Crippen molar-refractivity contribution >= 4 is 11.6 Å². The molecular formula is C16H17ClFNO2. The van der Waals surface area contributed by atoms with Crippen molar-refractivity contribution in [3.05, 3.63) is 57.9 Å². The van der Waals surface area contributed by atoms with E-state index in [1.807, 2.05) is 6.07 Å². The zero-order valence-electron chi connectivity index (χ0n) is 12.1. The van der Waals surface area contributed by atoms with Gasteiger partial charge in [0.15, 0.2) is 11.5 Å². The third kappa shape index (κ3) is 3.12. The molecule has 0 aliphatic heterocycles. The monoisotopic (exact) mass is 309 g/mol. The molecule has 2 rings (SSSR count). The van der Waals surface area contributed by atoms with Gasteiger partial charge in [0, 0.05) is 5.02 Å². The second kappa shape index (κ2) is 6.33. The number of rotatable bonds is 4. The number of ether oxygens (including phenoxy) is 2. The Hall–Kier alpha value is -1.78. The van der Waals surface area contributed by atoms with Gasteiger partial charge in [0.2, 0.25) is 0 Å². The van der Waals surface area contributed by atoms with E-state index in [4.69, 9.17) is 26.8 Å². The molecule has 1 unspecified atom stereocenters. The van der Waals surface area contributed by atoms with Gasteiger partial charge in [-0.25, -0.2) is 4.39 Å². The molecule has 0 aliphatic rings. The SMILES string of the molecule is COc1ccc(C(N)c2cc(C)c(F)cc2Cl)cc1OC. The van der Waals surface area contributed by atoms with Gasteiger partial charge in [-0.1, -0.05) is 17.7 Å². The van der Waals surface area contributed by atoms with Gasteiger partial charge in [-0.15, -0.1) is 0 Å². The fourth-order valence-corrected chi connectivity index (χ4v) is 2.41. The lowest BCUT2D eigenvalue weighted by atomic mass is 9.97. The first-order valence-corrected chi connectivity index (χ1v) is 6.78. The quantitative estimate of drug-likeness (QED) is 0.933. The number of benzene rings is 2. The smallest absolute Gasteiger partial charge is 0.161 e. The summed E-state index contributed by atoms with van der Waals surface area (Å²) in [6, 6.07) is 7.88. The number of aryl methyl sites for hydroxylation is 1. The summed E-state index contributed by atoms with van der Waals surface area (Å²) in [5.74, 6) is 0.860. The molecule has 0 saturated carbocycles. The lowest BCUT2D eigenvalue weighted by Crippen LogP contribution is -2.13. The van der Waals surface area contributed by atoms with Crippen LogP contribution in [0, 0.1) is 12.7 Å². The Bertz CT molecular complexity index is 661. The molecule has 0 amide bonds. The minimum Gasteiger partial charge on any atom is -0.493 e. The van der Waals surface area contributed by atoms with Crippen LogP contribution in [-0.2, 0) is 0 Å². The Morgan fingerprint density at radius 2 is 1.76 bits per heavy atom. The molecule has 5 heteroatoms. The normalized spacial score (nSPS) is 12.1. The van der Waals surface area contributed by atoms with Crippen molar-refractivity contribution in [2.45, 2.75) is 13.0 Å². The standard InChI is InChI=1S/C16H17ClFNO2/c1-9-6-11(12(17)8-13(9)18)16(19)10-4-5-14(20-2)15(7-10)21-3/h4-8,16H,19H2,1-3H3. The van der Waals surface area contributed by atoms with E-state index in [2.05, 4.69) is 0 Å². The summed E-state index contributed by atoms with van der Waals surface area (Å²) in [6.07, 6.45) is 0. The second-order valence-corrected chi connectivity index (χ2v) is 5.12. The van der Waals surface area contributed by atoms with Gasteiger partial charge in [-0.2, -0.15) is 0 Å². The molecule has 0 fully saturated rings. The van der Waals surface area contributed by atoms with Crippen molar-refractivity contribution in [3.8, 4) is 11.5 Å². The molecule has 0 radical (unpaired) electrons. The Kier molecular flexibility index (Phi) is 4.70. The van der Waals surface area contributed by atoms with Crippen molar-refractivity contribution in [1.29, 1.82) is 0 Å². The van der Waals surface area contributed by atoms with Crippen LogP contribution in [0.25, 0.3) is 0 Å². The van der Waals surface area contributed by atoms with Crippen molar-refractivity contribution in [2.24, 2.45) is 5.73 Å². The van der Waals surface area contributed by atoms with Crippen LogP contribution in [0.1, 0.15) is 22.7 Å². The molecule has 0 saturated heterocycles. The van der Waals surface area contributed by atoms with Crippen LogP contribution in [-0.4, -0.2) is 14.2 Å². The minimum absolute atomic E-state index is 0.306. The number of hydrogen-bond donors (Lipinski definition) is 1. The maximum absolute atomic E-state index is 13.5. The number of nitrogens with two attached hydrogens (primary N) is 1. The topological polar surface area (TPSA) is 44.5 Å². The number of halogens is 2. The van der Waals surface area contributed by atoms with E-state index < -0.39 is 6.04 Å². The van der Waals surface area contributed by atoms with E-state index in [0.717, 1.165) is 5.56 Å². The Balaban J connectivity index is 2.45.